The van der Waals surface area contributed by atoms with Gasteiger partial charge in [0.05, 0.1) is 5.56 Å². The van der Waals surface area contributed by atoms with Crippen LogP contribution in [0.4, 0.5) is 4.39 Å². The zero-order chi connectivity index (χ0) is 14.5. The highest BCUT2D eigenvalue weighted by Gasteiger charge is 2.10. The van der Waals surface area contributed by atoms with Gasteiger partial charge < -0.3 is 5.32 Å². The van der Waals surface area contributed by atoms with E-state index in [4.69, 9.17) is 0 Å². The summed E-state index contributed by atoms with van der Waals surface area (Å²) in [6.07, 6.45) is 4.00. The SMILES string of the molecule is CCC(C)NC(=O)c1cncc(-c2cccc(F)c2)c1. The largest absolute Gasteiger partial charge is 0.350 e. The van der Waals surface area contributed by atoms with Gasteiger partial charge in [0.25, 0.3) is 5.91 Å². The quantitative estimate of drug-likeness (QED) is 0.926. The molecule has 1 aromatic heterocycles. The minimum absolute atomic E-state index is 0.111. The van der Waals surface area contributed by atoms with E-state index in [1.54, 1.807) is 24.4 Å². The van der Waals surface area contributed by atoms with E-state index in [-0.39, 0.29) is 17.8 Å². The fourth-order valence-corrected chi connectivity index (χ4v) is 1.80. The molecule has 104 valence electrons. The lowest BCUT2D eigenvalue weighted by Gasteiger charge is -2.11. The minimum Gasteiger partial charge on any atom is -0.350 e. The molecule has 0 aliphatic carbocycles. The maximum atomic E-state index is 13.2. The number of amides is 1. The van der Waals surface area contributed by atoms with Gasteiger partial charge in [-0.15, -0.1) is 0 Å². The summed E-state index contributed by atoms with van der Waals surface area (Å²) in [6, 6.07) is 8.07. The lowest BCUT2D eigenvalue weighted by molar-refractivity contribution is 0.0939. The van der Waals surface area contributed by atoms with Crippen LogP contribution in [0.2, 0.25) is 0 Å². The molecule has 0 spiro atoms. The van der Waals surface area contributed by atoms with Crippen molar-refractivity contribution in [2.24, 2.45) is 0 Å². The first kappa shape index (κ1) is 14.2. The number of hydrogen-bond donors (Lipinski definition) is 1. The van der Waals surface area contributed by atoms with Crippen LogP contribution in [0.3, 0.4) is 0 Å². The van der Waals surface area contributed by atoms with Crippen molar-refractivity contribution in [2.45, 2.75) is 26.3 Å². The summed E-state index contributed by atoms with van der Waals surface area (Å²) in [5, 5.41) is 2.88. The first-order valence-electron chi connectivity index (χ1n) is 6.62. The molecule has 0 radical (unpaired) electrons. The number of carbonyl (C=O) groups excluding carboxylic acids is 1. The van der Waals surface area contributed by atoms with E-state index < -0.39 is 0 Å². The molecule has 1 heterocycles. The Morgan fingerprint density at radius 1 is 1.30 bits per heavy atom. The van der Waals surface area contributed by atoms with Crippen LogP contribution in [-0.4, -0.2) is 16.9 Å². The Hall–Kier alpha value is -2.23. The number of aromatic nitrogens is 1. The van der Waals surface area contributed by atoms with E-state index in [0.717, 1.165) is 12.0 Å². The summed E-state index contributed by atoms with van der Waals surface area (Å²) in [6.45, 7) is 3.95. The Labute approximate surface area is 117 Å². The molecule has 0 aliphatic heterocycles. The molecule has 0 fully saturated rings. The summed E-state index contributed by atoms with van der Waals surface area (Å²) >= 11 is 0. The highest BCUT2D eigenvalue weighted by atomic mass is 19.1. The van der Waals surface area contributed by atoms with Crippen LogP contribution in [-0.2, 0) is 0 Å². The molecular weight excluding hydrogens is 255 g/mol. The fraction of sp³-hybridized carbons (Fsp3) is 0.250. The highest BCUT2D eigenvalue weighted by Crippen LogP contribution is 2.20. The summed E-state index contributed by atoms with van der Waals surface area (Å²) in [5.74, 6) is -0.470. The molecule has 3 nitrogen and oxygen atoms in total. The molecule has 0 saturated carbocycles. The first-order chi connectivity index (χ1) is 9.60. The first-order valence-corrected chi connectivity index (χ1v) is 6.62. The van der Waals surface area contributed by atoms with E-state index in [1.807, 2.05) is 13.8 Å². The second-order valence-electron chi connectivity index (χ2n) is 4.76. The van der Waals surface area contributed by atoms with Crippen molar-refractivity contribution in [1.29, 1.82) is 0 Å². The van der Waals surface area contributed by atoms with Gasteiger partial charge in [0.1, 0.15) is 5.82 Å². The van der Waals surface area contributed by atoms with E-state index >= 15 is 0 Å². The van der Waals surface area contributed by atoms with Crippen molar-refractivity contribution in [1.82, 2.24) is 10.3 Å². The molecule has 0 bridgehead atoms. The standard InChI is InChI=1S/C16H17FN2O/c1-3-11(2)19-16(20)14-7-13(9-18-10-14)12-5-4-6-15(17)8-12/h4-11H,3H2,1-2H3,(H,19,20). The average Bonchev–Trinajstić information content (AvgIpc) is 2.47. The molecule has 1 unspecified atom stereocenters. The minimum atomic E-state index is -0.308. The highest BCUT2D eigenvalue weighted by molar-refractivity contribution is 5.95. The monoisotopic (exact) mass is 272 g/mol. The number of carbonyl (C=O) groups is 1. The Morgan fingerprint density at radius 3 is 2.80 bits per heavy atom. The van der Waals surface area contributed by atoms with Gasteiger partial charge >= 0.3 is 0 Å². The smallest absolute Gasteiger partial charge is 0.253 e. The fourth-order valence-electron chi connectivity index (χ4n) is 1.80. The van der Waals surface area contributed by atoms with Gasteiger partial charge in [0.15, 0.2) is 0 Å². The Kier molecular flexibility index (Phi) is 4.45. The lowest BCUT2D eigenvalue weighted by atomic mass is 10.1. The van der Waals surface area contributed by atoms with Crippen molar-refractivity contribution in [2.75, 3.05) is 0 Å². The third kappa shape index (κ3) is 3.41. The zero-order valence-corrected chi connectivity index (χ0v) is 11.6. The molecule has 2 rings (SSSR count). The Bertz CT molecular complexity index is 613. The number of hydrogen-bond acceptors (Lipinski definition) is 2. The van der Waals surface area contributed by atoms with Crippen molar-refractivity contribution in [3.63, 3.8) is 0 Å². The third-order valence-corrected chi connectivity index (χ3v) is 3.15. The summed E-state index contributed by atoms with van der Waals surface area (Å²) < 4.78 is 13.2. The number of pyridine rings is 1. The van der Waals surface area contributed by atoms with Crippen LogP contribution in [0.1, 0.15) is 30.6 Å². The summed E-state index contributed by atoms with van der Waals surface area (Å²) in [4.78, 5) is 16.1. The number of benzene rings is 1. The van der Waals surface area contributed by atoms with Crippen LogP contribution in [0.5, 0.6) is 0 Å². The number of nitrogens with zero attached hydrogens (tertiary/aromatic N) is 1. The number of nitrogens with one attached hydrogen (secondary N) is 1. The molecule has 2 aromatic rings. The van der Waals surface area contributed by atoms with Crippen LogP contribution in [0.25, 0.3) is 11.1 Å². The maximum absolute atomic E-state index is 13.2. The second-order valence-corrected chi connectivity index (χ2v) is 4.76. The predicted molar refractivity (Wildman–Crippen MR) is 76.9 cm³/mol. The third-order valence-electron chi connectivity index (χ3n) is 3.15. The molecule has 1 N–H and O–H groups in total. The normalized spacial score (nSPS) is 11.9. The van der Waals surface area contributed by atoms with E-state index in [0.29, 0.717) is 11.1 Å². The number of halogens is 1. The molecule has 20 heavy (non-hydrogen) atoms. The second kappa shape index (κ2) is 6.28. The van der Waals surface area contributed by atoms with Gasteiger partial charge in [-0.1, -0.05) is 19.1 Å². The summed E-state index contributed by atoms with van der Waals surface area (Å²) in [7, 11) is 0. The van der Waals surface area contributed by atoms with Gasteiger partial charge in [-0.3, -0.25) is 9.78 Å². The van der Waals surface area contributed by atoms with Gasteiger partial charge in [0.2, 0.25) is 0 Å². The van der Waals surface area contributed by atoms with Gasteiger partial charge in [0, 0.05) is 24.0 Å². The predicted octanol–water partition coefficient (Wildman–Crippen LogP) is 3.42. The summed E-state index contributed by atoms with van der Waals surface area (Å²) in [5.41, 5.74) is 1.91. The maximum Gasteiger partial charge on any atom is 0.253 e. The van der Waals surface area contributed by atoms with Gasteiger partial charge in [-0.25, -0.2) is 4.39 Å². The van der Waals surface area contributed by atoms with Crippen molar-refractivity contribution < 1.29 is 9.18 Å². The van der Waals surface area contributed by atoms with Gasteiger partial charge in [-0.05, 0) is 37.1 Å². The Balaban J connectivity index is 2.26. The number of rotatable bonds is 4. The molecule has 4 heteroatoms. The van der Waals surface area contributed by atoms with Crippen LogP contribution < -0.4 is 5.32 Å². The van der Waals surface area contributed by atoms with E-state index in [2.05, 4.69) is 10.3 Å². The van der Waals surface area contributed by atoms with Crippen molar-refractivity contribution in [3.05, 3.63) is 54.1 Å². The molecule has 1 aromatic carbocycles. The van der Waals surface area contributed by atoms with Crippen LogP contribution in [0, 0.1) is 5.82 Å². The zero-order valence-electron chi connectivity index (χ0n) is 11.6. The van der Waals surface area contributed by atoms with Gasteiger partial charge in [-0.2, -0.15) is 0 Å². The molecule has 1 atom stereocenters. The van der Waals surface area contributed by atoms with E-state index in [9.17, 15) is 9.18 Å². The van der Waals surface area contributed by atoms with Crippen molar-refractivity contribution in [3.8, 4) is 11.1 Å². The lowest BCUT2D eigenvalue weighted by Crippen LogP contribution is -2.31. The van der Waals surface area contributed by atoms with Crippen LogP contribution in [0.15, 0.2) is 42.7 Å². The average molecular weight is 272 g/mol. The van der Waals surface area contributed by atoms with E-state index in [1.165, 1.54) is 18.3 Å². The van der Waals surface area contributed by atoms with Crippen LogP contribution >= 0.6 is 0 Å². The molecule has 0 aliphatic rings. The topological polar surface area (TPSA) is 42.0 Å². The molecular formula is C16H17FN2O. The molecule has 1 amide bonds. The Morgan fingerprint density at radius 2 is 2.10 bits per heavy atom. The molecule has 0 saturated heterocycles. The van der Waals surface area contributed by atoms with Crippen molar-refractivity contribution >= 4 is 5.91 Å².